The van der Waals surface area contributed by atoms with Crippen LogP contribution < -0.4 is 5.73 Å². The molecule has 0 bridgehead atoms. The number of nitrogens with two attached hydrogens (primary N) is 1. The van der Waals surface area contributed by atoms with Crippen LogP contribution in [0.1, 0.15) is 52.9 Å². The lowest BCUT2D eigenvalue weighted by Crippen LogP contribution is -2.44. The molecule has 0 spiro atoms. The third-order valence-corrected chi connectivity index (χ3v) is 4.12. The van der Waals surface area contributed by atoms with Gasteiger partial charge in [-0.15, -0.1) is 0 Å². The standard InChI is InChI=1S/C14H26N2O2/c1-13(2,3)18-12(17)16-10-4-5-11(16)14(6-7-14)8-9-15/h11H,4-10,15H2,1-3H3. The quantitative estimate of drug-likeness (QED) is 0.842. The molecule has 1 unspecified atom stereocenters. The Morgan fingerprint density at radius 2 is 2.11 bits per heavy atom. The molecule has 0 aromatic carbocycles. The minimum Gasteiger partial charge on any atom is -0.444 e. The molecule has 4 nitrogen and oxygen atoms in total. The Labute approximate surface area is 110 Å². The van der Waals surface area contributed by atoms with Crippen LogP contribution in [0.5, 0.6) is 0 Å². The first-order chi connectivity index (χ1) is 8.38. The van der Waals surface area contributed by atoms with Gasteiger partial charge in [-0.1, -0.05) is 0 Å². The maximum atomic E-state index is 12.2. The van der Waals surface area contributed by atoms with E-state index in [4.69, 9.17) is 10.5 Å². The molecule has 2 aliphatic rings. The Morgan fingerprint density at radius 1 is 1.44 bits per heavy atom. The summed E-state index contributed by atoms with van der Waals surface area (Å²) in [6, 6.07) is 0.357. The smallest absolute Gasteiger partial charge is 0.410 e. The fourth-order valence-electron chi connectivity index (χ4n) is 3.14. The van der Waals surface area contributed by atoms with Crippen LogP contribution in [0.3, 0.4) is 0 Å². The largest absolute Gasteiger partial charge is 0.444 e. The number of carbonyl (C=O) groups is 1. The molecule has 1 saturated heterocycles. The van der Waals surface area contributed by atoms with Crippen LogP contribution in [0, 0.1) is 5.41 Å². The van der Waals surface area contributed by atoms with Gasteiger partial charge in [-0.2, -0.15) is 0 Å². The molecule has 1 heterocycles. The van der Waals surface area contributed by atoms with E-state index in [0.717, 1.165) is 32.4 Å². The van der Waals surface area contributed by atoms with Crippen LogP contribution in [0.25, 0.3) is 0 Å². The van der Waals surface area contributed by atoms with Crippen LogP contribution in [0.2, 0.25) is 0 Å². The number of nitrogens with zero attached hydrogens (tertiary/aromatic N) is 1. The average molecular weight is 254 g/mol. The van der Waals surface area contributed by atoms with Gasteiger partial charge >= 0.3 is 6.09 Å². The molecule has 0 aromatic heterocycles. The van der Waals surface area contributed by atoms with Gasteiger partial charge in [-0.05, 0) is 64.8 Å². The van der Waals surface area contributed by atoms with E-state index in [-0.39, 0.29) is 6.09 Å². The van der Waals surface area contributed by atoms with Gasteiger partial charge < -0.3 is 15.4 Å². The molecule has 0 aromatic rings. The van der Waals surface area contributed by atoms with E-state index in [2.05, 4.69) is 0 Å². The summed E-state index contributed by atoms with van der Waals surface area (Å²) in [5.41, 5.74) is 5.61. The number of ether oxygens (including phenoxy) is 1. The van der Waals surface area contributed by atoms with E-state index >= 15 is 0 Å². The Kier molecular flexibility index (Phi) is 3.58. The molecule has 18 heavy (non-hydrogen) atoms. The Morgan fingerprint density at radius 3 is 2.61 bits per heavy atom. The van der Waals surface area contributed by atoms with Crippen molar-refractivity contribution in [3.8, 4) is 0 Å². The number of rotatable bonds is 3. The Bertz CT molecular complexity index is 318. The maximum Gasteiger partial charge on any atom is 0.410 e. The number of carbonyl (C=O) groups excluding carboxylic acids is 1. The molecule has 0 radical (unpaired) electrons. The molecular formula is C14H26N2O2. The van der Waals surface area contributed by atoms with E-state index < -0.39 is 5.60 Å². The summed E-state index contributed by atoms with van der Waals surface area (Å²) in [5, 5.41) is 0. The molecule has 1 amide bonds. The predicted octanol–water partition coefficient (Wildman–Crippen LogP) is 2.51. The number of hydrogen-bond acceptors (Lipinski definition) is 3. The summed E-state index contributed by atoms with van der Waals surface area (Å²) in [7, 11) is 0. The fourth-order valence-corrected chi connectivity index (χ4v) is 3.14. The van der Waals surface area contributed by atoms with E-state index in [0.29, 0.717) is 11.5 Å². The normalized spacial score (nSPS) is 26.2. The summed E-state index contributed by atoms with van der Waals surface area (Å²) in [6.07, 6.45) is 5.53. The first-order valence-electron chi connectivity index (χ1n) is 7.08. The minimum atomic E-state index is -0.408. The lowest BCUT2D eigenvalue weighted by molar-refractivity contribution is 0.0155. The SMILES string of the molecule is CC(C)(C)OC(=O)N1CCCC1C1(CCN)CC1. The molecule has 1 saturated carbocycles. The van der Waals surface area contributed by atoms with Crippen LogP contribution in [-0.4, -0.2) is 35.7 Å². The highest BCUT2D eigenvalue weighted by Crippen LogP contribution is 2.55. The summed E-state index contributed by atoms with van der Waals surface area (Å²) >= 11 is 0. The Hall–Kier alpha value is -0.770. The second kappa shape index (κ2) is 4.72. The maximum absolute atomic E-state index is 12.2. The fraction of sp³-hybridized carbons (Fsp3) is 0.929. The minimum absolute atomic E-state index is 0.145. The molecule has 1 aliphatic carbocycles. The second-order valence-corrected chi connectivity index (χ2v) is 6.73. The lowest BCUT2D eigenvalue weighted by atomic mass is 9.91. The lowest BCUT2D eigenvalue weighted by Gasteiger charge is -2.33. The third kappa shape index (κ3) is 2.79. The number of likely N-dealkylation sites (tertiary alicyclic amines) is 1. The van der Waals surface area contributed by atoms with Crippen molar-refractivity contribution in [1.82, 2.24) is 4.90 Å². The summed E-state index contributed by atoms with van der Waals surface area (Å²) in [4.78, 5) is 14.2. The van der Waals surface area contributed by atoms with E-state index in [1.807, 2.05) is 25.7 Å². The van der Waals surface area contributed by atoms with Gasteiger partial charge in [0.25, 0.3) is 0 Å². The van der Waals surface area contributed by atoms with Crippen molar-refractivity contribution in [2.45, 2.75) is 64.5 Å². The van der Waals surface area contributed by atoms with Crippen LogP contribution >= 0.6 is 0 Å². The van der Waals surface area contributed by atoms with Crippen molar-refractivity contribution in [2.75, 3.05) is 13.1 Å². The topological polar surface area (TPSA) is 55.6 Å². The van der Waals surface area contributed by atoms with Gasteiger partial charge in [-0.3, -0.25) is 0 Å². The van der Waals surface area contributed by atoms with Crippen molar-refractivity contribution in [3.63, 3.8) is 0 Å². The van der Waals surface area contributed by atoms with Crippen molar-refractivity contribution >= 4 is 6.09 Å². The first kappa shape index (κ1) is 13.7. The van der Waals surface area contributed by atoms with Gasteiger partial charge in [0, 0.05) is 12.6 Å². The molecular weight excluding hydrogens is 228 g/mol. The highest BCUT2D eigenvalue weighted by molar-refractivity contribution is 5.69. The zero-order valence-electron chi connectivity index (χ0n) is 11.9. The number of hydrogen-bond donors (Lipinski definition) is 1. The third-order valence-electron chi connectivity index (χ3n) is 4.12. The molecule has 1 atom stereocenters. The monoisotopic (exact) mass is 254 g/mol. The van der Waals surface area contributed by atoms with Gasteiger partial charge in [0.2, 0.25) is 0 Å². The van der Waals surface area contributed by atoms with Gasteiger partial charge in [-0.25, -0.2) is 4.79 Å². The number of amides is 1. The van der Waals surface area contributed by atoms with E-state index in [9.17, 15) is 4.79 Å². The summed E-state index contributed by atoms with van der Waals surface area (Å²) in [6.45, 7) is 7.32. The van der Waals surface area contributed by atoms with Crippen LogP contribution in [0.4, 0.5) is 4.79 Å². The van der Waals surface area contributed by atoms with E-state index in [1.165, 1.54) is 12.8 Å². The van der Waals surface area contributed by atoms with Crippen molar-refractivity contribution in [3.05, 3.63) is 0 Å². The van der Waals surface area contributed by atoms with Crippen molar-refractivity contribution in [2.24, 2.45) is 11.1 Å². The van der Waals surface area contributed by atoms with E-state index in [1.54, 1.807) is 0 Å². The summed E-state index contributed by atoms with van der Waals surface area (Å²) in [5.74, 6) is 0. The van der Waals surface area contributed by atoms with Crippen LogP contribution in [0.15, 0.2) is 0 Å². The van der Waals surface area contributed by atoms with Gasteiger partial charge in [0.1, 0.15) is 5.60 Å². The molecule has 2 rings (SSSR count). The first-order valence-corrected chi connectivity index (χ1v) is 7.08. The molecule has 104 valence electrons. The van der Waals surface area contributed by atoms with Gasteiger partial charge in [0.05, 0.1) is 0 Å². The second-order valence-electron chi connectivity index (χ2n) is 6.73. The summed E-state index contributed by atoms with van der Waals surface area (Å²) < 4.78 is 5.51. The van der Waals surface area contributed by atoms with Gasteiger partial charge in [0.15, 0.2) is 0 Å². The predicted molar refractivity (Wildman–Crippen MR) is 71.3 cm³/mol. The van der Waals surface area contributed by atoms with Crippen LogP contribution in [-0.2, 0) is 4.74 Å². The Balaban J connectivity index is 2.02. The molecule has 2 N–H and O–H groups in total. The zero-order valence-corrected chi connectivity index (χ0v) is 11.9. The zero-order chi connectivity index (χ0) is 13.4. The molecule has 2 fully saturated rings. The highest BCUT2D eigenvalue weighted by Gasteiger charge is 2.53. The molecule has 4 heteroatoms. The average Bonchev–Trinajstić information content (AvgIpc) is 2.85. The van der Waals surface area contributed by atoms with Crippen molar-refractivity contribution < 1.29 is 9.53 Å². The molecule has 1 aliphatic heterocycles. The highest BCUT2D eigenvalue weighted by atomic mass is 16.6. The van der Waals surface area contributed by atoms with Crippen molar-refractivity contribution in [1.29, 1.82) is 0 Å².